The second kappa shape index (κ2) is 5.63. The van der Waals surface area contributed by atoms with Gasteiger partial charge in [0.1, 0.15) is 0 Å². The number of hydrogen-bond acceptors (Lipinski definition) is 4. The molecule has 1 aliphatic heterocycles. The van der Waals surface area contributed by atoms with Gasteiger partial charge in [0.25, 0.3) is 0 Å². The maximum absolute atomic E-state index is 5.34. The molecule has 1 fully saturated rings. The highest BCUT2D eigenvalue weighted by molar-refractivity contribution is 9.10. The van der Waals surface area contributed by atoms with Gasteiger partial charge in [-0.15, -0.1) is 0 Å². The SMILES string of the molecule is NOCc1cc(Br)ccc1N1CCOCC1. The van der Waals surface area contributed by atoms with Crippen molar-refractivity contribution in [1.29, 1.82) is 0 Å². The molecule has 1 aromatic carbocycles. The summed E-state index contributed by atoms with van der Waals surface area (Å²) in [7, 11) is 0. The number of anilines is 1. The molecule has 2 rings (SSSR count). The Morgan fingerprint density at radius 2 is 2.12 bits per heavy atom. The number of rotatable bonds is 3. The summed E-state index contributed by atoms with van der Waals surface area (Å²) in [6, 6.07) is 6.16. The average Bonchev–Trinajstić information content (AvgIpc) is 2.31. The monoisotopic (exact) mass is 286 g/mol. The number of ether oxygens (including phenoxy) is 1. The van der Waals surface area contributed by atoms with Crippen LogP contribution in [0.15, 0.2) is 22.7 Å². The van der Waals surface area contributed by atoms with Crippen molar-refractivity contribution >= 4 is 21.6 Å². The van der Waals surface area contributed by atoms with Crippen LogP contribution in [0.5, 0.6) is 0 Å². The van der Waals surface area contributed by atoms with Crippen molar-refractivity contribution in [3.05, 3.63) is 28.2 Å². The summed E-state index contributed by atoms with van der Waals surface area (Å²) < 4.78 is 6.38. The molecule has 0 aromatic heterocycles. The molecule has 0 unspecified atom stereocenters. The quantitative estimate of drug-likeness (QED) is 0.859. The molecule has 0 radical (unpaired) electrons. The van der Waals surface area contributed by atoms with Gasteiger partial charge in [-0.1, -0.05) is 15.9 Å². The topological polar surface area (TPSA) is 47.7 Å². The minimum absolute atomic E-state index is 0.423. The Morgan fingerprint density at radius 3 is 2.81 bits per heavy atom. The van der Waals surface area contributed by atoms with E-state index in [4.69, 9.17) is 15.5 Å². The van der Waals surface area contributed by atoms with Gasteiger partial charge in [-0.05, 0) is 18.2 Å². The fraction of sp³-hybridized carbons (Fsp3) is 0.455. The van der Waals surface area contributed by atoms with E-state index in [-0.39, 0.29) is 0 Å². The van der Waals surface area contributed by atoms with Gasteiger partial charge in [-0.25, -0.2) is 5.90 Å². The molecule has 0 bridgehead atoms. The Bertz CT molecular complexity index is 354. The van der Waals surface area contributed by atoms with Crippen LogP contribution in [0.1, 0.15) is 5.56 Å². The lowest BCUT2D eigenvalue weighted by Crippen LogP contribution is -2.36. The van der Waals surface area contributed by atoms with Gasteiger partial charge < -0.3 is 9.64 Å². The Kier molecular flexibility index (Phi) is 4.17. The van der Waals surface area contributed by atoms with Crippen LogP contribution in [0, 0.1) is 0 Å². The first kappa shape index (κ1) is 11.9. The van der Waals surface area contributed by atoms with E-state index in [1.54, 1.807) is 0 Å². The van der Waals surface area contributed by atoms with Crippen LogP contribution in [0.2, 0.25) is 0 Å². The van der Waals surface area contributed by atoms with E-state index < -0.39 is 0 Å². The minimum atomic E-state index is 0.423. The summed E-state index contributed by atoms with van der Waals surface area (Å²) in [5.41, 5.74) is 2.27. The molecule has 1 heterocycles. The van der Waals surface area contributed by atoms with Crippen LogP contribution in [-0.2, 0) is 16.2 Å². The summed E-state index contributed by atoms with van der Waals surface area (Å²) in [6.07, 6.45) is 0. The Balaban J connectivity index is 2.23. The third-order valence-corrected chi connectivity index (χ3v) is 3.13. The molecule has 5 heteroatoms. The van der Waals surface area contributed by atoms with E-state index in [9.17, 15) is 0 Å². The highest BCUT2D eigenvalue weighted by Crippen LogP contribution is 2.25. The zero-order chi connectivity index (χ0) is 11.4. The lowest BCUT2D eigenvalue weighted by molar-refractivity contribution is 0.118. The molecular formula is C11H15BrN2O2. The largest absolute Gasteiger partial charge is 0.378 e. The summed E-state index contributed by atoms with van der Waals surface area (Å²) >= 11 is 3.45. The standard InChI is InChI=1S/C11H15BrN2O2/c12-10-1-2-11(9(7-10)8-16-13)14-3-5-15-6-4-14/h1-2,7H,3-6,8,13H2. The molecule has 0 saturated carbocycles. The number of nitrogens with zero attached hydrogens (tertiary/aromatic N) is 1. The van der Waals surface area contributed by atoms with Gasteiger partial charge in [0, 0.05) is 28.8 Å². The third kappa shape index (κ3) is 2.74. The number of morpholine rings is 1. The van der Waals surface area contributed by atoms with Crippen molar-refractivity contribution in [2.75, 3.05) is 31.2 Å². The van der Waals surface area contributed by atoms with Crippen LogP contribution in [0.25, 0.3) is 0 Å². The fourth-order valence-electron chi connectivity index (χ4n) is 1.87. The molecule has 1 aliphatic rings. The molecule has 0 spiro atoms. The minimum Gasteiger partial charge on any atom is -0.378 e. The van der Waals surface area contributed by atoms with E-state index in [0.717, 1.165) is 36.3 Å². The van der Waals surface area contributed by atoms with E-state index in [2.05, 4.69) is 26.9 Å². The Labute approximate surface area is 103 Å². The molecule has 16 heavy (non-hydrogen) atoms. The fourth-order valence-corrected chi connectivity index (χ4v) is 2.28. The zero-order valence-electron chi connectivity index (χ0n) is 8.99. The summed E-state index contributed by atoms with van der Waals surface area (Å²) in [5, 5.41) is 0. The molecule has 88 valence electrons. The van der Waals surface area contributed by atoms with Gasteiger partial charge >= 0.3 is 0 Å². The molecular weight excluding hydrogens is 272 g/mol. The first-order chi connectivity index (χ1) is 7.81. The van der Waals surface area contributed by atoms with Gasteiger partial charge in [0.15, 0.2) is 0 Å². The van der Waals surface area contributed by atoms with Gasteiger partial charge in [-0.3, -0.25) is 4.84 Å². The van der Waals surface area contributed by atoms with Crippen molar-refractivity contribution in [3.63, 3.8) is 0 Å². The Morgan fingerprint density at radius 1 is 1.38 bits per heavy atom. The van der Waals surface area contributed by atoms with Crippen LogP contribution >= 0.6 is 15.9 Å². The van der Waals surface area contributed by atoms with Crippen molar-refractivity contribution < 1.29 is 9.57 Å². The summed E-state index contributed by atoms with van der Waals surface area (Å²) in [4.78, 5) is 7.03. The third-order valence-electron chi connectivity index (χ3n) is 2.63. The van der Waals surface area contributed by atoms with Crippen molar-refractivity contribution in [2.45, 2.75) is 6.61 Å². The molecule has 0 amide bonds. The van der Waals surface area contributed by atoms with Gasteiger partial charge in [0.2, 0.25) is 0 Å². The van der Waals surface area contributed by atoms with Crippen LogP contribution < -0.4 is 10.8 Å². The summed E-state index contributed by atoms with van der Waals surface area (Å²) in [6.45, 7) is 3.81. The average molecular weight is 287 g/mol. The van der Waals surface area contributed by atoms with Crippen LogP contribution in [0.3, 0.4) is 0 Å². The lowest BCUT2D eigenvalue weighted by Gasteiger charge is -2.30. The molecule has 0 aliphatic carbocycles. The highest BCUT2D eigenvalue weighted by Gasteiger charge is 2.14. The Hall–Kier alpha value is -0.620. The van der Waals surface area contributed by atoms with E-state index >= 15 is 0 Å². The molecule has 1 aromatic rings. The highest BCUT2D eigenvalue weighted by atomic mass is 79.9. The molecule has 0 atom stereocenters. The second-order valence-corrected chi connectivity index (χ2v) is 4.60. The number of hydrogen-bond donors (Lipinski definition) is 1. The molecule has 1 saturated heterocycles. The van der Waals surface area contributed by atoms with Gasteiger partial charge in [-0.2, -0.15) is 0 Å². The normalized spacial score (nSPS) is 16.5. The second-order valence-electron chi connectivity index (χ2n) is 3.68. The maximum atomic E-state index is 5.34. The predicted molar refractivity (Wildman–Crippen MR) is 66.2 cm³/mol. The molecule has 2 N–H and O–H groups in total. The first-order valence-electron chi connectivity index (χ1n) is 5.24. The van der Waals surface area contributed by atoms with Crippen molar-refractivity contribution in [1.82, 2.24) is 0 Å². The zero-order valence-corrected chi connectivity index (χ0v) is 10.6. The van der Waals surface area contributed by atoms with Crippen molar-refractivity contribution in [3.8, 4) is 0 Å². The van der Waals surface area contributed by atoms with Crippen LogP contribution in [0.4, 0.5) is 5.69 Å². The summed E-state index contributed by atoms with van der Waals surface area (Å²) in [5.74, 6) is 5.15. The number of halogens is 1. The van der Waals surface area contributed by atoms with Gasteiger partial charge in [0.05, 0.1) is 19.8 Å². The smallest absolute Gasteiger partial charge is 0.0950 e. The van der Waals surface area contributed by atoms with Crippen LogP contribution in [-0.4, -0.2) is 26.3 Å². The van der Waals surface area contributed by atoms with E-state index in [1.807, 2.05) is 12.1 Å². The first-order valence-corrected chi connectivity index (χ1v) is 6.03. The van der Waals surface area contributed by atoms with E-state index in [1.165, 1.54) is 5.69 Å². The number of benzene rings is 1. The van der Waals surface area contributed by atoms with Crippen molar-refractivity contribution in [2.24, 2.45) is 5.90 Å². The number of nitrogens with two attached hydrogens (primary N) is 1. The maximum Gasteiger partial charge on any atom is 0.0950 e. The predicted octanol–water partition coefficient (Wildman–Crippen LogP) is 1.68. The van der Waals surface area contributed by atoms with E-state index in [0.29, 0.717) is 6.61 Å². The lowest BCUT2D eigenvalue weighted by atomic mass is 10.1. The molecule has 4 nitrogen and oxygen atoms in total.